The van der Waals surface area contributed by atoms with Crippen LogP contribution in [0, 0.1) is 0 Å². The van der Waals surface area contributed by atoms with Gasteiger partial charge >= 0.3 is 0 Å². The molecule has 3 aliphatic rings. The van der Waals surface area contributed by atoms with Crippen LogP contribution < -0.4 is 4.74 Å². The van der Waals surface area contributed by atoms with Crippen molar-refractivity contribution in [1.29, 1.82) is 0 Å². The SMILES string of the molecule is COc1ccccc1-c1ccc([C@H]2[C@H](CO)N3CCCCN(C(=O)CN4CCOCC4)C[C@@H]23)cc1. The molecule has 5 rings (SSSR count). The van der Waals surface area contributed by atoms with E-state index in [0.717, 1.165) is 62.4 Å². The van der Waals surface area contributed by atoms with Crippen molar-refractivity contribution in [2.24, 2.45) is 0 Å². The first-order chi connectivity index (χ1) is 17.2. The fourth-order valence-corrected chi connectivity index (χ4v) is 5.99. The number of amides is 1. The summed E-state index contributed by atoms with van der Waals surface area (Å²) in [6.07, 6.45) is 2.06. The lowest BCUT2D eigenvalue weighted by atomic mass is 9.74. The molecule has 0 aromatic heterocycles. The number of hydrogen-bond donors (Lipinski definition) is 1. The predicted molar refractivity (Wildman–Crippen MR) is 136 cm³/mol. The Bertz CT molecular complexity index is 992. The molecule has 35 heavy (non-hydrogen) atoms. The summed E-state index contributed by atoms with van der Waals surface area (Å²) in [5.41, 5.74) is 3.41. The van der Waals surface area contributed by atoms with Crippen molar-refractivity contribution in [1.82, 2.24) is 14.7 Å². The van der Waals surface area contributed by atoms with Crippen molar-refractivity contribution in [2.75, 3.05) is 66.2 Å². The van der Waals surface area contributed by atoms with Crippen molar-refractivity contribution in [3.8, 4) is 16.9 Å². The van der Waals surface area contributed by atoms with Gasteiger partial charge in [-0.3, -0.25) is 14.6 Å². The van der Waals surface area contributed by atoms with Crippen molar-refractivity contribution < 1.29 is 19.4 Å². The van der Waals surface area contributed by atoms with E-state index in [1.165, 1.54) is 5.56 Å². The Morgan fingerprint density at radius 1 is 1.03 bits per heavy atom. The molecular weight excluding hydrogens is 442 g/mol. The second kappa shape index (κ2) is 11.1. The normalized spacial score (nSPS) is 25.8. The number of aliphatic hydroxyl groups excluding tert-OH is 1. The number of aliphatic hydroxyl groups is 1. The monoisotopic (exact) mass is 479 g/mol. The maximum atomic E-state index is 13.2. The van der Waals surface area contributed by atoms with E-state index in [4.69, 9.17) is 9.47 Å². The lowest BCUT2D eigenvalue weighted by Crippen LogP contribution is -2.68. The molecule has 7 nitrogen and oxygen atoms in total. The van der Waals surface area contributed by atoms with Crippen LogP contribution in [-0.2, 0) is 9.53 Å². The van der Waals surface area contributed by atoms with Crippen LogP contribution in [0.3, 0.4) is 0 Å². The van der Waals surface area contributed by atoms with Gasteiger partial charge in [0.15, 0.2) is 0 Å². The number of carbonyl (C=O) groups excluding carboxylic acids is 1. The molecule has 0 radical (unpaired) electrons. The molecule has 3 saturated heterocycles. The Kier molecular flexibility index (Phi) is 7.68. The van der Waals surface area contributed by atoms with Gasteiger partial charge in [-0.2, -0.15) is 0 Å². The Hall–Kier alpha value is -2.45. The number of fused-ring (bicyclic) bond motifs is 1. The zero-order chi connectivity index (χ0) is 24.2. The number of ether oxygens (including phenoxy) is 2. The Morgan fingerprint density at radius 3 is 2.51 bits per heavy atom. The van der Waals surface area contributed by atoms with E-state index in [9.17, 15) is 9.90 Å². The average molecular weight is 480 g/mol. The maximum absolute atomic E-state index is 13.2. The van der Waals surface area contributed by atoms with Gasteiger partial charge < -0.3 is 19.5 Å². The molecule has 7 heteroatoms. The number of methoxy groups -OCH3 is 1. The van der Waals surface area contributed by atoms with E-state index < -0.39 is 0 Å². The number of hydrogen-bond acceptors (Lipinski definition) is 6. The van der Waals surface area contributed by atoms with E-state index in [1.54, 1.807) is 7.11 Å². The van der Waals surface area contributed by atoms with Gasteiger partial charge in [0.25, 0.3) is 0 Å². The first kappa shape index (κ1) is 24.3. The standard InChI is InChI=1S/C28H37N3O4/c1-34-26-7-3-2-6-23(26)21-8-10-22(11-9-21)28-24-18-30(12-4-5-13-31(24)25(28)20-32)27(33)19-29-14-16-35-17-15-29/h2-3,6-11,24-25,28,32H,4-5,12-20H2,1H3/t24-,25-,28+/m0/s1. The zero-order valence-electron chi connectivity index (χ0n) is 20.6. The highest BCUT2D eigenvalue weighted by Crippen LogP contribution is 2.42. The molecule has 3 heterocycles. The smallest absolute Gasteiger partial charge is 0.236 e. The minimum atomic E-state index is 0.103. The second-order valence-corrected chi connectivity index (χ2v) is 9.84. The van der Waals surface area contributed by atoms with Crippen molar-refractivity contribution in [3.05, 3.63) is 54.1 Å². The summed E-state index contributed by atoms with van der Waals surface area (Å²) < 4.78 is 11.0. The van der Waals surface area contributed by atoms with E-state index in [1.807, 2.05) is 18.2 Å². The highest BCUT2D eigenvalue weighted by Gasteiger charge is 2.49. The third kappa shape index (κ3) is 5.09. The Balaban J connectivity index is 1.33. The molecule has 3 fully saturated rings. The van der Waals surface area contributed by atoms with Gasteiger partial charge in [-0.1, -0.05) is 42.5 Å². The van der Waals surface area contributed by atoms with Gasteiger partial charge in [0.2, 0.25) is 5.91 Å². The summed E-state index contributed by atoms with van der Waals surface area (Å²) in [6, 6.07) is 17.1. The van der Waals surface area contributed by atoms with E-state index >= 15 is 0 Å². The van der Waals surface area contributed by atoms with E-state index in [2.05, 4.69) is 45.0 Å². The fourth-order valence-electron chi connectivity index (χ4n) is 5.99. The van der Waals surface area contributed by atoms with Gasteiger partial charge in [0.1, 0.15) is 5.75 Å². The Labute approximate surface area is 208 Å². The highest BCUT2D eigenvalue weighted by atomic mass is 16.5. The average Bonchev–Trinajstić information content (AvgIpc) is 2.88. The molecule has 3 aliphatic heterocycles. The maximum Gasteiger partial charge on any atom is 0.236 e. The lowest BCUT2D eigenvalue weighted by Gasteiger charge is -2.57. The summed E-state index contributed by atoms with van der Waals surface area (Å²) in [5, 5.41) is 10.3. The summed E-state index contributed by atoms with van der Waals surface area (Å²) >= 11 is 0. The molecule has 1 N–H and O–H groups in total. The molecule has 0 spiro atoms. The van der Waals surface area contributed by atoms with Crippen molar-refractivity contribution in [3.63, 3.8) is 0 Å². The quantitative estimate of drug-likeness (QED) is 0.687. The number of para-hydroxylation sites is 1. The lowest BCUT2D eigenvalue weighted by molar-refractivity contribution is -0.138. The third-order valence-electron chi connectivity index (χ3n) is 7.90. The van der Waals surface area contributed by atoms with Crippen LogP contribution >= 0.6 is 0 Å². The largest absolute Gasteiger partial charge is 0.496 e. The van der Waals surface area contributed by atoms with Crippen LogP contribution in [0.2, 0.25) is 0 Å². The molecule has 0 saturated carbocycles. The molecule has 0 aliphatic carbocycles. The van der Waals surface area contributed by atoms with Gasteiger partial charge in [0, 0.05) is 49.7 Å². The predicted octanol–water partition coefficient (Wildman–Crippen LogP) is 2.45. The molecule has 1 amide bonds. The number of rotatable bonds is 6. The van der Waals surface area contributed by atoms with Gasteiger partial charge in [-0.05, 0) is 36.6 Å². The first-order valence-electron chi connectivity index (χ1n) is 12.9. The molecule has 3 atom stereocenters. The third-order valence-corrected chi connectivity index (χ3v) is 7.90. The minimum absolute atomic E-state index is 0.103. The van der Waals surface area contributed by atoms with Crippen LogP contribution in [0.25, 0.3) is 11.1 Å². The number of carbonyl (C=O) groups is 1. The molecule has 0 bridgehead atoms. The van der Waals surface area contributed by atoms with Gasteiger partial charge in [0.05, 0.1) is 33.5 Å². The Morgan fingerprint density at radius 2 is 1.77 bits per heavy atom. The van der Waals surface area contributed by atoms with Crippen LogP contribution in [-0.4, -0.2) is 104 Å². The van der Waals surface area contributed by atoms with Crippen LogP contribution in [0.5, 0.6) is 5.75 Å². The van der Waals surface area contributed by atoms with Crippen LogP contribution in [0.4, 0.5) is 0 Å². The first-order valence-corrected chi connectivity index (χ1v) is 12.9. The summed E-state index contributed by atoms with van der Waals surface area (Å²) in [7, 11) is 1.70. The fraction of sp³-hybridized carbons (Fsp3) is 0.536. The van der Waals surface area contributed by atoms with Crippen LogP contribution in [0.1, 0.15) is 24.3 Å². The summed E-state index contributed by atoms with van der Waals surface area (Å²) in [4.78, 5) is 19.9. The highest BCUT2D eigenvalue weighted by molar-refractivity contribution is 5.78. The molecule has 2 aromatic rings. The minimum Gasteiger partial charge on any atom is -0.496 e. The number of morpholine rings is 1. The molecule has 188 valence electrons. The van der Waals surface area contributed by atoms with Crippen molar-refractivity contribution in [2.45, 2.75) is 30.8 Å². The summed E-state index contributed by atoms with van der Waals surface area (Å²) in [5.74, 6) is 1.28. The zero-order valence-corrected chi connectivity index (χ0v) is 20.6. The summed E-state index contributed by atoms with van der Waals surface area (Å²) in [6.45, 7) is 6.18. The van der Waals surface area contributed by atoms with Gasteiger partial charge in [-0.15, -0.1) is 0 Å². The number of benzene rings is 2. The number of nitrogens with zero attached hydrogens (tertiary/aromatic N) is 3. The molecule has 0 unspecified atom stereocenters. The van der Waals surface area contributed by atoms with Crippen molar-refractivity contribution >= 4 is 5.91 Å². The molecular formula is C28H37N3O4. The van der Waals surface area contributed by atoms with E-state index in [0.29, 0.717) is 19.8 Å². The topological polar surface area (TPSA) is 65.5 Å². The van der Waals surface area contributed by atoms with Gasteiger partial charge in [-0.25, -0.2) is 0 Å². The second-order valence-electron chi connectivity index (χ2n) is 9.84. The van der Waals surface area contributed by atoms with Crippen LogP contribution in [0.15, 0.2) is 48.5 Å². The van der Waals surface area contributed by atoms with E-state index in [-0.39, 0.29) is 30.5 Å². The molecule has 2 aromatic carbocycles.